The smallest absolute Gasteiger partial charge is 0.226 e. The highest BCUT2D eigenvalue weighted by Gasteiger charge is 2.43. The van der Waals surface area contributed by atoms with Crippen LogP contribution in [-0.4, -0.2) is 28.4 Å². The van der Waals surface area contributed by atoms with Crippen molar-refractivity contribution in [1.29, 1.82) is 0 Å². The highest BCUT2D eigenvalue weighted by molar-refractivity contribution is 7.18. The predicted molar refractivity (Wildman–Crippen MR) is 105 cm³/mol. The molecule has 2 aliphatic carbocycles. The lowest BCUT2D eigenvalue weighted by Gasteiger charge is -2.44. The van der Waals surface area contributed by atoms with E-state index in [1.54, 1.807) is 11.3 Å². The van der Waals surface area contributed by atoms with Crippen molar-refractivity contribution in [2.75, 3.05) is 6.54 Å². The third-order valence-electron chi connectivity index (χ3n) is 6.89. The van der Waals surface area contributed by atoms with Crippen LogP contribution in [0.4, 0.5) is 0 Å². The average Bonchev–Trinajstić information content (AvgIpc) is 3.27. The van der Waals surface area contributed by atoms with Gasteiger partial charge >= 0.3 is 0 Å². The normalized spacial score (nSPS) is 34.3. The molecule has 2 saturated carbocycles. The number of amides is 1. The highest BCUT2D eigenvalue weighted by Crippen LogP contribution is 2.44. The van der Waals surface area contributed by atoms with E-state index >= 15 is 0 Å². The fourth-order valence-electron chi connectivity index (χ4n) is 5.55. The number of para-hydroxylation sites is 1. The van der Waals surface area contributed by atoms with Gasteiger partial charge in [-0.1, -0.05) is 18.6 Å². The van der Waals surface area contributed by atoms with E-state index < -0.39 is 0 Å². The third-order valence-corrected chi connectivity index (χ3v) is 8.03. The number of nitrogens with zero attached hydrogens (tertiary/aromatic N) is 2. The summed E-state index contributed by atoms with van der Waals surface area (Å²) in [4.78, 5) is 20.4. The van der Waals surface area contributed by atoms with Crippen molar-refractivity contribution in [2.24, 2.45) is 23.5 Å². The van der Waals surface area contributed by atoms with E-state index in [4.69, 9.17) is 10.7 Å². The van der Waals surface area contributed by atoms with E-state index in [0.717, 1.165) is 42.8 Å². The van der Waals surface area contributed by atoms with E-state index in [-0.39, 0.29) is 12.0 Å². The Hall–Kier alpha value is -1.46. The van der Waals surface area contributed by atoms with Crippen LogP contribution in [0, 0.1) is 17.8 Å². The Morgan fingerprint density at radius 2 is 1.88 bits per heavy atom. The van der Waals surface area contributed by atoms with Gasteiger partial charge in [-0.2, -0.15) is 0 Å². The summed E-state index contributed by atoms with van der Waals surface area (Å²) >= 11 is 1.75. The minimum absolute atomic E-state index is 0.176. The summed E-state index contributed by atoms with van der Waals surface area (Å²) in [7, 11) is 0. The van der Waals surface area contributed by atoms with Gasteiger partial charge in [0.15, 0.2) is 0 Å². The van der Waals surface area contributed by atoms with Crippen LogP contribution in [0.5, 0.6) is 0 Å². The first-order valence-corrected chi connectivity index (χ1v) is 10.9. The van der Waals surface area contributed by atoms with Crippen molar-refractivity contribution in [3.63, 3.8) is 0 Å². The van der Waals surface area contributed by atoms with Gasteiger partial charge in [0.25, 0.3) is 0 Å². The van der Waals surface area contributed by atoms with E-state index in [9.17, 15) is 4.79 Å². The number of carbonyl (C=O) groups excluding carboxylic acids is 1. The van der Waals surface area contributed by atoms with Crippen molar-refractivity contribution < 1.29 is 4.79 Å². The second kappa shape index (κ2) is 6.61. The lowest BCUT2D eigenvalue weighted by molar-refractivity contribution is -0.139. The second-order valence-corrected chi connectivity index (χ2v) is 9.47. The number of likely N-dealkylation sites (tertiary alicyclic amines) is 1. The van der Waals surface area contributed by atoms with Gasteiger partial charge in [0.2, 0.25) is 5.91 Å². The Morgan fingerprint density at radius 1 is 1.12 bits per heavy atom. The molecule has 1 aliphatic heterocycles. The number of rotatable bonds is 2. The second-order valence-electron chi connectivity index (χ2n) is 8.41. The molecule has 1 aromatic heterocycles. The molecule has 5 rings (SSSR count). The van der Waals surface area contributed by atoms with Crippen LogP contribution < -0.4 is 5.73 Å². The molecule has 5 heteroatoms. The Labute approximate surface area is 158 Å². The molecule has 2 N–H and O–H groups in total. The third kappa shape index (κ3) is 2.76. The average molecular weight is 370 g/mol. The van der Waals surface area contributed by atoms with Crippen molar-refractivity contribution in [3.05, 3.63) is 29.3 Å². The molecular weight excluding hydrogens is 342 g/mol. The van der Waals surface area contributed by atoms with Crippen molar-refractivity contribution in [1.82, 2.24) is 9.88 Å². The minimum Gasteiger partial charge on any atom is -0.333 e. The Morgan fingerprint density at radius 3 is 2.65 bits per heavy atom. The number of nitrogens with two attached hydrogens (primary N) is 1. The highest BCUT2D eigenvalue weighted by atomic mass is 32.1. The first kappa shape index (κ1) is 16.7. The van der Waals surface area contributed by atoms with Crippen molar-refractivity contribution in [2.45, 2.75) is 57.0 Å². The lowest BCUT2D eigenvalue weighted by Crippen LogP contribution is -2.49. The van der Waals surface area contributed by atoms with Crippen LogP contribution in [0.1, 0.15) is 56.0 Å². The molecular formula is C21H27N3OS. The molecule has 3 atom stereocenters. The number of benzene rings is 1. The fourth-order valence-corrected chi connectivity index (χ4v) is 6.66. The van der Waals surface area contributed by atoms with Gasteiger partial charge in [0, 0.05) is 18.5 Å². The topological polar surface area (TPSA) is 59.2 Å². The first-order chi connectivity index (χ1) is 12.7. The zero-order valence-corrected chi connectivity index (χ0v) is 16.0. The number of thiazole rings is 1. The van der Waals surface area contributed by atoms with Gasteiger partial charge in [0.1, 0.15) is 5.01 Å². The Kier molecular flexibility index (Phi) is 4.24. The summed E-state index contributed by atoms with van der Waals surface area (Å²) in [6, 6.07) is 8.79. The molecule has 0 spiro atoms. The number of hydrogen-bond acceptors (Lipinski definition) is 4. The molecule has 3 fully saturated rings. The van der Waals surface area contributed by atoms with Crippen LogP contribution in [0.3, 0.4) is 0 Å². The van der Waals surface area contributed by atoms with E-state index in [0.29, 0.717) is 23.8 Å². The molecule has 0 radical (unpaired) electrons. The standard InChI is InChI=1S/C21H27N3OS/c22-19-13-5-3-6-14(19)12-15(11-13)21(25)24-10-4-8-17(24)20-23-16-7-1-2-9-18(16)26-20/h1-2,7,9,13-15,17,19H,3-6,8,10-12,22H2. The van der Waals surface area contributed by atoms with Crippen molar-refractivity contribution in [3.8, 4) is 0 Å². The Balaban J connectivity index is 1.37. The lowest BCUT2D eigenvalue weighted by atomic mass is 9.65. The van der Waals surface area contributed by atoms with E-state index in [1.807, 2.05) is 6.07 Å². The zero-order chi connectivity index (χ0) is 17.7. The maximum absolute atomic E-state index is 13.4. The number of carbonyl (C=O) groups is 1. The Bertz CT molecular complexity index is 771. The van der Waals surface area contributed by atoms with E-state index in [1.165, 1.54) is 24.0 Å². The maximum atomic E-state index is 13.4. The quantitative estimate of drug-likeness (QED) is 0.866. The molecule has 1 saturated heterocycles. The molecule has 2 bridgehead atoms. The van der Waals surface area contributed by atoms with Crippen LogP contribution in [0.15, 0.2) is 24.3 Å². The molecule has 138 valence electrons. The predicted octanol–water partition coefficient (Wildman–Crippen LogP) is 4.11. The van der Waals surface area contributed by atoms with E-state index in [2.05, 4.69) is 23.1 Å². The summed E-state index contributed by atoms with van der Waals surface area (Å²) in [5, 5.41) is 1.12. The van der Waals surface area contributed by atoms with Crippen LogP contribution >= 0.6 is 11.3 Å². The summed E-state index contributed by atoms with van der Waals surface area (Å²) in [6.07, 6.45) is 7.85. The number of hydrogen-bond donors (Lipinski definition) is 1. The van der Waals surface area contributed by atoms with Gasteiger partial charge < -0.3 is 10.6 Å². The summed E-state index contributed by atoms with van der Waals surface area (Å²) < 4.78 is 1.22. The van der Waals surface area contributed by atoms with Crippen LogP contribution in [0.25, 0.3) is 10.2 Å². The monoisotopic (exact) mass is 369 g/mol. The van der Waals surface area contributed by atoms with Gasteiger partial charge in [-0.25, -0.2) is 4.98 Å². The molecule has 3 aliphatic rings. The fraction of sp³-hybridized carbons (Fsp3) is 0.619. The van der Waals surface area contributed by atoms with Crippen LogP contribution in [0.2, 0.25) is 0 Å². The maximum Gasteiger partial charge on any atom is 0.226 e. The summed E-state index contributed by atoms with van der Waals surface area (Å²) in [6.45, 7) is 0.886. The molecule has 1 aromatic carbocycles. The van der Waals surface area contributed by atoms with Crippen LogP contribution in [-0.2, 0) is 4.79 Å². The number of fused-ring (bicyclic) bond motifs is 3. The largest absolute Gasteiger partial charge is 0.333 e. The molecule has 4 nitrogen and oxygen atoms in total. The van der Waals surface area contributed by atoms with Gasteiger partial charge in [0.05, 0.1) is 16.3 Å². The molecule has 26 heavy (non-hydrogen) atoms. The summed E-state index contributed by atoms with van der Waals surface area (Å²) in [5.74, 6) is 1.66. The minimum atomic E-state index is 0.176. The molecule has 2 aromatic rings. The van der Waals surface area contributed by atoms with Crippen molar-refractivity contribution >= 4 is 27.5 Å². The van der Waals surface area contributed by atoms with Gasteiger partial charge in [-0.15, -0.1) is 11.3 Å². The molecule has 3 unspecified atom stereocenters. The van der Waals surface area contributed by atoms with Gasteiger partial charge in [-0.3, -0.25) is 4.79 Å². The summed E-state index contributed by atoms with van der Waals surface area (Å²) in [5.41, 5.74) is 7.49. The van der Waals surface area contributed by atoms with Gasteiger partial charge in [-0.05, 0) is 62.5 Å². The SMILES string of the molecule is NC1C2CCCC1CC(C(=O)N1CCCC1c1nc3ccccc3s1)C2. The molecule has 2 heterocycles. The first-order valence-electron chi connectivity index (χ1n) is 10.1. The molecule has 1 amide bonds. The zero-order valence-electron chi connectivity index (χ0n) is 15.1. The number of aromatic nitrogens is 1.